The molecule has 0 spiro atoms. The number of fused-ring (bicyclic) bond motifs is 5. The molecule has 1 amide bonds. The second-order valence-electron chi connectivity index (χ2n) is 16.0. The SMILES string of the molecule is CC(C)(C)OC(=O)CN(Cc1ccccc1)C(=O)CCC(=O)O[C@H]1CC[C@@]2(C)C(=CC[C@@H]3[C@@H]2CC[C@]2(C)C(c4cccnc4)=CC[C@@H]32)C1. The largest absolute Gasteiger partial charge is 0.462 e. The van der Waals surface area contributed by atoms with Gasteiger partial charge in [-0.15, -0.1) is 0 Å². The highest BCUT2D eigenvalue weighted by atomic mass is 16.6. The molecular weight excluding hydrogens is 600 g/mol. The first-order valence-corrected chi connectivity index (χ1v) is 17.9. The minimum atomic E-state index is -0.651. The molecule has 1 heterocycles. The number of rotatable bonds is 9. The maximum Gasteiger partial charge on any atom is 0.326 e. The predicted octanol–water partition coefficient (Wildman–Crippen LogP) is 8.10. The second kappa shape index (κ2) is 13.6. The van der Waals surface area contributed by atoms with E-state index in [2.05, 4.69) is 37.0 Å². The number of esters is 2. The molecule has 1 aromatic heterocycles. The van der Waals surface area contributed by atoms with Gasteiger partial charge in [0.2, 0.25) is 5.91 Å². The van der Waals surface area contributed by atoms with Crippen molar-refractivity contribution in [1.29, 1.82) is 0 Å². The van der Waals surface area contributed by atoms with E-state index in [1.54, 1.807) is 20.8 Å². The summed E-state index contributed by atoms with van der Waals surface area (Å²) in [5, 5.41) is 0. The van der Waals surface area contributed by atoms with Crippen LogP contribution in [0.3, 0.4) is 0 Å². The van der Waals surface area contributed by atoms with Gasteiger partial charge in [-0.3, -0.25) is 19.4 Å². The van der Waals surface area contributed by atoms with Crippen molar-refractivity contribution >= 4 is 23.4 Å². The summed E-state index contributed by atoms with van der Waals surface area (Å²) in [5.74, 6) is 0.863. The quantitative estimate of drug-likeness (QED) is 0.201. The minimum absolute atomic E-state index is 0.0114. The molecule has 6 atom stereocenters. The average molecular weight is 653 g/mol. The van der Waals surface area contributed by atoms with E-state index in [0.29, 0.717) is 17.8 Å². The van der Waals surface area contributed by atoms with Gasteiger partial charge in [-0.05, 0) is 111 Å². The van der Waals surface area contributed by atoms with Gasteiger partial charge in [0.05, 0.1) is 6.42 Å². The van der Waals surface area contributed by atoms with Gasteiger partial charge in [-0.25, -0.2) is 0 Å². The molecule has 0 radical (unpaired) electrons. The fraction of sp³-hybridized carbons (Fsp3) is 0.561. The van der Waals surface area contributed by atoms with Crippen LogP contribution in [0.1, 0.15) is 104 Å². The molecule has 1 aromatic carbocycles. The highest BCUT2D eigenvalue weighted by molar-refractivity contribution is 5.85. The lowest BCUT2D eigenvalue weighted by Crippen LogP contribution is -2.50. The van der Waals surface area contributed by atoms with E-state index in [9.17, 15) is 14.4 Å². The number of benzene rings is 1. The van der Waals surface area contributed by atoms with Crippen molar-refractivity contribution in [3.8, 4) is 0 Å². The smallest absolute Gasteiger partial charge is 0.326 e. The molecule has 0 bridgehead atoms. The molecule has 256 valence electrons. The third kappa shape index (κ3) is 7.16. The predicted molar refractivity (Wildman–Crippen MR) is 186 cm³/mol. The van der Waals surface area contributed by atoms with Crippen molar-refractivity contribution in [2.24, 2.45) is 28.6 Å². The van der Waals surface area contributed by atoms with Crippen LogP contribution in [-0.2, 0) is 30.4 Å². The summed E-state index contributed by atoms with van der Waals surface area (Å²) in [5.41, 5.74) is 4.81. The zero-order valence-electron chi connectivity index (χ0n) is 29.4. The van der Waals surface area contributed by atoms with E-state index in [1.165, 1.54) is 34.5 Å². The maximum absolute atomic E-state index is 13.3. The van der Waals surface area contributed by atoms with Crippen LogP contribution in [0.2, 0.25) is 0 Å². The minimum Gasteiger partial charge on any atom is -0.462 e. The van der Waals surface area contributed by atoms with E-state index in [1.807, 2.05) is 48.8 Å². The van der Waals surface area contributed by atoms with Crippen LogP contribution in [-0.4, -0.2) is 46.0 Å². The Labute approximate surface area is 286 Å². The van der Waals surface area contributed by atoms with Crippen LogP contribution in [0.4, 0.5) is 0 Å². The maximum atomic E-state index is 13.3. The molecule has 0 aliphatic heterocycles. The van der Waals surface area contributed by atoms with Crippen molar-refractivity contribution in [3.05, 3.63) is 83.7 Å². The first-order chi connectivity index (χ1) is 22.9. The molecule has 2 fully saturated rings. The van der Waals surface area contributed by atoms with E-state index in [-0.39, 0.29) is 54.7 Å². The molecule has 48 heavy (non-hydrogen) atoms. The zero-order chi connectivity index (χ0) is 34.1. The third-order valence-electron chi connectivity index (χ3n) is 11.8. The van der Waals surface area contributed by atoms with E-state index < -0.39 is 11.6 Å². The van der Waals surface area contributed by atoms with Gasteiger partial charge in [0, 0.05) is 31.8 Å². The lowest BCUT2D eigenvalue weighted by molar-refractivity contribution is -0.159. The Hall–Kier alpha value is -3.74. The lowest BCUT2D eigenvalue weighted by Gasteiger charge is -2.57. The number of carbonyl (C=O) groups is 3. The van der Waals surface area contributed by atoms with Crippen molar-refractivity contribution in [2.45, 2.75) is 111 Å². The number of nitrogens with zero attached hydrogens (tertiary/aromatic N) is 2. The standard InChI is InChI=1S/C41H52N2O5/c1-39(2,3)48-38(46)27-43(26-28-10-7-6-8-11-28)36(44)17-18-37(45)47-31-19-21-40(4)30(24-31)13-14-32-34-16-15-33(29-12-9-23-42-25-29)41(34,5)22-20-35(32)40/h6-13,15,23,25,31-32,34-35H,14,16-22,24,26-27H2,1-5H3/t31-,32-,34-,35-,40-,41+/m0/s1. The summed E-state index contributed by atoms with van der Waals surface area (Å²) < 4.78 is 11.5. The van der Waals surface area contributed by atoms with Gasteiger partial charge in [0.25, 0.3) is 0 Å². The molecule has 0 saturated heterocycles. The Balaban J connectivity index is 1.04. The Morgan fingerprint density at radius 1 is 0.896 bits per heavy atom. The van der Waals surface area contributed by atoms with Gasteiger partial charge < -0.3 is 14.4 Å². The molecule has 2 aromatic rings. The number of hydrogen-bond acceptors (Lipinski definition) is 6. The highest BCUT2D eigenvalue weighted by Crippen LogP contribution is 2.66. The monoisotopic (exact) mass is 652 g/mol. The van der Waals surface area contributed by atoms with E-state index in [0.717, 1.165) is 37.7 Å². The van der Waals surface area contributed by atoms with Crippen molar-refractivity contribution in [1.82, 2.24) is 9.88 Å². The number of ether oxygens (including phenoxy) is 2. The van der Waals surface area contributed by atoms with Crippen LogP contribution < -0.4 is 0 Å². The number of amides is 1. The van der Waals surface area contributed by atoms with Crippen molar-refractivity contribution in [3.63, 3.8) is 0 Å². The molecule has 6 rings (SSSR count). The topological polar surface area (TPSA) is 85.8 Å². The van der Waals surface area contributed by atoms with Crippen molar-refractivity contribution in [2.75, 3.05) is 6.54 Å². The Bertz CT molecular complexity index is 1560. The Morgan fingerprint density at radius 3 is 2.40 bits per heavy atom. The van der Waals surface area contributed by atoms with E-state index >= 15 is 0 Å². The highest BCUT2D eigenvalue weighted by Gasteiger charge is 2.57. The van der Waals surface area contributed by atoms with Crippen LogP contribution in [0, 0.1) is 28.6 Å². The third-order valence-corrected chi connectivity index (χ3v) is 11.8. The molecule has 2 saturated carbocycles. The fourth-order valence-electron chi connectivity index (χ4n) is 9.44. The summed E-state index contributed by atoms with van der Waals surface area (Å²) in [7, 11) is 0. The average Bonchev–Trinajstić information content (AvgIpc) is 3.41. The van der Waals surface area contributed by atoms with Crippen LogP contribution in [0.15, 0.2) is 72.6 Å². The van der Waals surface area contributed by atoms with E-state index in [4.69, 9.17) is 9.47 Å². The fourth-order valence-corrected chi connectivity index (χ4v) is 9.44. The van der Waals surface area contributed by atoms with Gasteiger partial charge in [-0.1, -0.05) is 68.0 Å². The van der Waals surface area contributed by atoms with Crippen LogP contribution >= 0.6 is 0 Å². The van der Waals surface area contributed by atoms with Gasteiger partial charge >= 0.3 is 11.9 Å². The van der Waals surface area contributed by atoms with Gasteiger partial charge in [0.1, 0.15) is 18.2 Å². The molecule has 7 nitrogen and oxygen atoms in total. The first kappa shape index (κ1) is 34.1. The second-order valence-corrected chi connectivity index (χ2v) is 16.0. The van der Waals surface area contributed by atoms with Gasteiger partial charge in [0.15, 0.2) is 0 Å². The molecular formula is C41H52N2O5. The number of carbonyl (C=O) groups excluding carboxylic acids is 3. The normalized spacial score (nSPS) is 29.4. The van der Waals surface area contributed by atoms with Crippen LogP contribution in [0.25, 0.3) is 5.57 Å². The molecule has 4 aliphatic carbocycles. The van der Waals surface area contributed by atoms with Gasteiger partial charge in [-0.2, -0.15) is 0 Å². The Kier molecular flexibility index (Phi) is 9.70. The number of hydrogen-bond donors (Lipinski definition) is 0. The molecule has 0 N–H and O–H groups in total. The number of pyridine rings is 1. The zero-order valence-corrected chi connectivity index (χ0v) is 29.4. The Morgan fingerprint density at radius 2 is 1.67 bits per heavy atom. The lowest BCUT2D eigenvalue weighted by atomic mass is 9.47. The number of allylic oxidation sites excluding steroid dienone is 3. The molecule has 7 heteroatoms. The summed E-state index contributed by atoms with van der Waals surface area (Å²) in [6, 6.07) is 13.8. The summed E-state index contributed by atoms with van der Waals surface area (Å²) in [6.07, 6.45) is 16.0. The first-order valence-electron chi connectivity index (χ1n) is 17.9. The molecule has 4 aliphatic rings. The van der Waals surface area contributed by atoms with Crippen LogP contribution in [0.5, 0.6) is 0 Å². The summed E-state index contributed by atoms with van der Waals surface area (Å²) >= 11 is 0. The summed E-state index contributed by atoms with van der Waals surface area (Å²) in [6.45, 7) is 10.5. The number of aromatic nitrogens is 1. The summed E-state index contributed by atoms with van der Waals surface area (Å²) in [4.78, 5) is 44.9. The van der Waals surface area contributed by atoms with Crippen molar-refractivity contribution < 1.29 is 23.9 Å². The molecule has 0 unspecified atom stereocenters.